The first kappa shape index (κ1) is 41.3. The van der Waals surface area contributed by atoms with Gasteiger partial charge in [0.05, 0.1) is 12.5 Å². The minimum atomic E-state index is -8.97. The summed E-state index contributed by atoms with van der Waals surface area (Å²) in [6.45, 7) is -4.37. The molecule has 0 aromatic heterocycles. The molecular weight excluding hydrogens is 650 g/mol. The number of hydrogen-bond donors (Lipinski definition) is 0. The van der Waals surface area contributed by atoms with Gasteiger partial charge in [-0.15, -0.1) is 0 Å². The van der Waals surface area contributed by atoms with Crippen LogP contribution in [0.25, 0.3) is 0 Å². The number of aliphatic carboxylic acids is 1. The van der Waals surface area contributed by atoms with Crippen LogP contribution in [0, 0.1) is 0 Å². The summed E-state index contributed by atoms with van der Waals surface area (Å²) < 4.78 is 249. The Morgan fingerprint density at radius 2 is 0.950 bits per heavy atom. The molecule has 0 unspecified atom stereocenters. The summed E-state index contributed by atoms with van der Waals surface area (Å²) in [5.74, 6) is -55.1. The SMILES string of the molecule is CN(C)CCCN(CC(=O)[O-])S(=O)(=O)C(F)(F)C(F)(F)C(F)(F)C(F)(F)C(F)(F)C(F)(F)C(F)(F)C(F)(F)F.[Na+]. The molecule has 0 aromatic carbocycles. The van der Waals surface area contributed by atoms with E-state index in [0.717, 1.165) is 4.90 Å². The zero-order chi connectivity index (χ0) is 32.1. The molecule has 0 aliphatic rings. The predicted molar refractivity (Wildman–Crippen MR) is 89.4 cm³/mol. The van der Waals surface area contributed by atoms with E-state index in [1.165, 1.54) is 14.1 Å². The maximum atomic E-state index is 14.2. The van der Waals surface area contributed by atoms with Crippen LogP contribution in [0.2, 0.25) is 0 Å². The molecule has 0 rings (SSSR count). The second-order valence-electron chi connectivity index (χ2n) is 7.83. The molecule has 0 heterocycles. The monoisotopic (exact) mass is 664 g/mol. The Labute approximate surface area is 234 Å². The van der Waals surface area contributed by atoms with Gasteiger partial charge in [0.25, 0.3) is 10.0 Å². The number of halogens is 17. The fraction of sp³-hybridized carbons (Fsp3) is 0.933. The fourth-order valence-electron chi connectivity index (χ4n) is 2.47. The average molecular weight is 664 g/mol. The number of carboxylic acid groups (broad SMARTS) is 1. The van der Waals surface area contributed by atoms with E-state index in [4.69, 9.17) is 0 Å². The third kappa shape index (κ3) is 6.39. The predicted octanol–water partition coefficient (Wildman–Crippen LogP) is 0.291. The van der Waals surface area contributed by atoms with Crippen LogP contribution in [0.15, 0.2) is 0 Å². The van der Waals surface area contributed by atoms with Crippen LogP contribution in [-0.2, 0) is 14.8 Å². The van der Waals surface area contributed by atoms with E-state index < -0.39 is 86.8 Å². The van der Waals surface area contributed by atoms with E-state index in [9.17, 15) is 93.0 Å². The number of alkyl halides is 17. The minimum Gasteiger partial charge on any atom is -0.549 e. The Hall–Kier alpha value is -0.850. The van der Waals surface area contributed by atoms with E-state index in [2.05, 4.69) is 0 Å². The number of rotatable bonds is 14. The summed E-state index contributed by atoms with van der Waals surface area (Å²) in [5.41, 5.74) is 0. The standard InChI is InChI=1S/C15H15F17N2O4S.Na/c1-33(2)4-3-5-34(6-7(35)36)39(37,38)15(31,32)13(26,27)11(22,23)9(18,19)8(16,17)10(20,21)12(24,25)14(28,29)30;/h3-6H2,1-2H3,(H,35,36);/q;+1/p-1. The molecule has 40 heavy (non-hydrogen) atoms. The molecule has 0 amide bonds. The van der Waals surface area contributed by atoms with Crippen molar-refractivity contribution in [3.8, 4) is 0 Å². The van der Waals surface area contributed by atoms with E-state index in [-0.39, 0.29) is 36.1 Å². The molecule has 0 fully saturated rings. The number of carbonyl (C=O) groups is 1. The summed E-state index contributed by atoms with van der Waals surface area (Å²) in [5, 5.41) is 2.81. The maximum absolute atomic E-state index is 14.2. The zero-order valence-corrected chi connectivity index (χ0v) is 22.5. The third-order valence-electron chi connectivity index (χ3n) is 4.68. The van der Waals surface area contributed by atoms with Crippen molar-refractivity contribution >= 4 is 16.0 Å². The second-order valence-corrected chi connectivity index (χ2v) is 9.81. The first-order chi connectivity index (χ1) is 16.7. The first-order valence-electron chi connectivity index (χ1n) is 9.29. The minimum absolute atomic E-state index is 0. The molecule has 0 saturated heterocycles. The number of carboxylic acids is 1. The van der Waals surface area contributed by atoms with Crippen molar-refractivity contribution in [2.75, 3.05) is 33.7 Å². The molecule has 0 radical (unpaired) electrons. The molecule has 0 bridgehead atoms. The van der Waals surface area contributed by atoms with Gasteiger partial charge in [-0.3, -0.25) is 0 Å². The van der Waals surface area contributed by atoms with Crippen LogP contribution in [-0.4, -0.2) is 104 Å². The number of sulfonamides is 1. The van der Waals surface area contributed by atoms with Crippen molar-refractivity contribution in [1.29, 1.82) is 0 Å². The normalized spacial score (nSPS) is 15.4. The molecule has 0 atom stereocenters. The molecular formula is C15H14F17N2NaO4S. The Kier molecular flexibility index (Phi) is 12.4. The van der Waals surface area contributed by atoms with Crippen LogP contribution in [0.5, 0.6) is 0 Å². The van der Waals surface area contributed by atoms with Crippen molar-refractivity contribution in [3.05, 3.63) is 0 Å². The van der Waals surface area contributed by atoms with Gasteiger partial charge in [-0.2, -0.15) is 78.9 Å². The Morgan fingerprint density at radius 3 is 1.25 bits per heavy atom. The van der Waals surface area contributed by atoms with Crippen molar-refractivity contribution in [2.24, 2.45) is 0 Å². The zero-order valence-electron chi connectivity index (χ0n) is 19.7. The number of carbonyl (C=O) groups excluding carboxylic acids is 1. The molecule has 0 aliphatic carbocycles. The average Bonchev–Trinajstić information content (AvgIpc) is 2.70. The molecule has 25 heteroatoms. The molecule has 0 N–H and O–H groups in total. The Balaban J connectivity index is 0. The number of hydrogen-bond acceptors (Lipinski definition) is 5. The fourth-order valence-corrected chi connectivity index (χ4v) is 3.89. The van der Waals surface area contributed by atoms with Crippen LogP contribution < -0.4 is 34.7 Å². The summed E-state index contributed by atoms with van der Waals surface area (Å²) in [4.78, 5) is 11.7. The van der Waals surface area contributed by atoms with E-state index in [0.29, 0.717) is 0 Å². The van der Waals surface area contributed by atoms with Gasteiger partial charge in [-0.05, 0) is 27.1 Å². The van der Waals surface area contributed by atoms with Crippen LogP contribution in [0.3, 0.4) is 0 Å². The summed E-state index contributed by atoms with van der Waals surface area (Å²) in [6.07, 6.45) is -8.72. The smallest absolute Gasteiger partial charge is 0.549 e. The van der Waals surface area contributed by atoms with Crippen molar-refractivity contribution < 1.29 is 123 Å². The van der Waals surface area contributed by atoms with E-state index in [1.54, 1.807) is 0 Å². The first-order valence-corrected chi connectivity index (χ1v) is 10.7. The summed E-state index contributed by atoms with van der Waals surface area (Å²) in [7, 11) is -5.27. The topological polar surface area (TPSA) is 80.8 Å². The van der Waals surface area contributed by atoms with Crippen molar-refractivity contribution in [3.63, 3.8) is 0 Å². The summed E-state index contributed by atoms with van der Waals surface area (Å²) in [6, 6.07) is 0. The molecule has 0 aromatic rings. The van der Waals surface area contributed by atoms with E-state index in [1.807, 2.05) is 0 Å². The van der Waals surface area contributed by atoms with Gasteiger partial charge in [-0.1, -0.05) is 0 Å². The van der Waals surface area contributed by atoms with Crippen LogP contribution in [0.4, 0.5) is 74.6 Å². The van der Waals surface area contributed by atoms with Crippen LogP contribution >= 0.6 is 0 Å². The third-order valence-corrected chi connectivity index (χ3v) is 6.57. The van der Waals surface area contributed by atoms with E-state index >= 15 is 0 Å². The van der Waals surface area contributed by atoms with Gasteiger partial charge < -0.3 is 14.8 Å². The van der Waals surface area contributed by atoms with Gasteiger partial charge in [0.2, 0.25) is 0 Å². The second kappa shape index (κ2) is 12.0. The molecule has 0 saturated carbocycles. The quantitative estimate of drug-likeness (QED) is 0.197. The van der Waals surface area contributed by atoms with Gasteiger partial charge in [0.1, 0.15) is 0 Å². The van der Waals surface area contributed by atoms with Gasteiger partial charge in [0.15, 0.2) is 0 Å². The Bertz CT molecular complexity index is 1000. The van der Waals surface area contributed by atoms with Crippen molar-refractivity contribution in [2.45, 2.75) is 53.4 Å². The Morgan fingerprint density at radius 1 is 0.625 bits per heavy atom. The van der Waals surface area contributed by atoms with Gasteiger partial charge in [-0.25, -0.2) is 8.42 Å². The largest absolute Gasteiger partial charge is 1.00 e. The van der Waals surface area contributed by atoms with Gasteiger partial charge in [0, 0.05) is 6.54 Å². The van der Waals surface area contributed by atoms with Gasteiger partial charge >= 0.3 is 76.5 Å². The molecule has 0 aliphatic heterocycles. The summed E-state index contributed by atoms with van der Waals surface area (Å²) >= 11 is 0. The van der Waals surface area contributed by atoms with Crippen LogP contribution in [0.1, 0.15) is 6.42 Å². The molecule has 0 spiro atoms. The molecule has 6 nitrogen and oxygen atoms in total. The van der Waals surface area contributed by atoms with Crippen molar-refractivity contribution in [1.82, 2.24) is 9.21 Å². The number of nitrogens with zero attached hydrogens (tertiary/aromatic N) is 2. The maximum Gasteiger partial charge on any atom is 1.00 e. The molecule has 234 valence electrons.